The van der Waals surface area contributed by atoms with E-state index < -0.39 is 0 Å². The summed E-state index contributed by atoms with van der Waals surface area (Å²) in [7, 11) is 0. The summed E-state index contributed by atoms with van der Waals surface area (Å²) in [4.78, 5) is 0. The van der Waals surface area contributed by atoms with Gasteiger partial charge in [-0.25, -0.2) is 0 Å². The van der Waals surface area contributed by atoms with Crippen LogP contribution in [0.2, 0.25) is 10.0 Å². The van der Waals surface area contributed by atoms with Gasteiger partial charge in [0.15, 0.2) is 0 Å². The van der Waals surface area contributed by atoms with Crippen molar-refractivity contribution in [1.29, 1.82) is 0 Å². The molecule has 2 nitrogen and oxygen atoms in total. The maximum atomic E-state index is 6.02. The Labute approximate surface area is 143 Å². The summed E-state index contributed by atoms with van der Waals surface area (Å²) in [5.74, 6) is 1.46. The highest BCUT2D eigenvalue weighted by atomic mass is 79.9. The van der Waals surface area contributed by atoms with Gasteiger partial charge in [0.1, 0.15) is 11.5 Å². The lowest BCUT2D eigenvalue weighted by Crippen LogP contribution is -2.22. The van der Waals surface area contributed by atoms with Crippen LogP contribution in [0, 0.1) is 0 Å². The Morgan fingerprint density at radius 1 is 1.10 bits per heavy atom. The number of hydrogen-bond acceptors (Lipinski definition) is 2. The molecule has 0 spiro atoms. The van der Waals surface area contributed by atoms with Crippen LogP contribution in [0.1, 0.15) is 19.4 Å². The summed E-state index contributed by atoms with van der Waals surface area (Å²) in [5, 5.41) is 4.38. The van der Waals surface area contributed by atoms with Gasteiger partial charge < -0.3 is 10.1 Å². The quantitative estimate of drug-likeness (QED) is 0.673. The van der Waals surface area contributed by atoms with E-state index in [-0.39, 0.29) is 0 Å². The predicted molar refractivity (Wildman–Crippen MR) is 92.7 cm³/mol. The number of benzene rings is 2. The molecule has 5 heteroatoms. The lowest BCUT2D eigenvalue weighted by atomic mass is 10.2. The molecule has 112 valence electrons. The Morgan fingerprint density at radius 2 is 1.86 bits per heavy atom. The smallest absolute Gasteiger partial charge is 0.131 e. The fourth-order valence-corrected chi connectivity index (χ4v) is 2.46. The molecule has 0 saturated carbocycles. The maximum absolute atomic E-state index is 6.02. The normalized spacial score (nSPS) is 11.0. The first-order valence-electron chi connectivity index (χ1n) is 6.60. The van der Waals surface area contributed by atoms with Gasteiger partial charge in [-0.1, -0.05) is 53.0 Å². The van der Waals surface area contributed by atoms with E-state index in [4.69, 9.17) is 27.9 Å². The average molecular weight is 389 g/mol. The zero-order valence-corrected chi connectivity index (χ0v) is 14.9. The molecule has 0 saturated heterocycles. The van der Waals surface area contributed by atoms with Gasteiger partial charge in [0, 0.05) is 28.7 Å². The molecule has 0 radical (unpaired) electrons. The first-order chi connectivity index (χ1) is 9.95. The summed E-state index contributed by atoms with van der Waals surface area (Å²) in [6.45, 7) is 4.95. The molecule has 0 aliphatic heterocycles. The van der Waals surface area contributed by atoms with Crippen molar-refractivity contribution in [3.8, 4) is 11.5 Å². The monoisotopic (exact) mass is 387 g/mol. The van der Waals surface area contributed by atoms with Crippen molar-refractivity contribution in [2.24, 2.45) is 0 Å². The van der Waals surface area contributed by atoms with Gasteiger partial charge in [0.05, 0.1) is 10.0 Å². The molecule has 0 bridgehead atoms. The maximum Gasteiger partial charge on any atom is 0.131 e. The van der Waals surface area contributed by atoms with Gasteiger partial charge >= 0.3 is 0 Å². The standard InChI is InChI=1S/C16H16BrCl2NO/c1-10(2)20-9-11-7-12(17)3-6-16(11)21-13-4-5-14(18)15(19)8-13/h3-8,10,20H,9H2,1-2H3. The second kappa shape index (κ2) is 7.50. The minimum atomic E-state index is 0.404. The number of ether oxygens (including phenoxy) is 1. The number of hydrogen-bond donors (Lipinski definition) is 1. The lowest BCUT2D eigenvalue weighted by Gasteiger charge is -2.14. The highest BCUT2D eigenvalue weighted by Gasteiger charge is 2.08. The summed E-state index contributed by atoms with van der Waals surface area (Å²) >= 11 is 15.4. The van der Waals surface area contributed by atoms with Crippen LogP contribution < -0.4 is 10.1 Å². The summed E-state index contributed by atoms with van der Waals surface area (Å²) in [5.41, 5.74) is 1.07. The molecule has 0 heterocycles. The second-order valence-electron chi connectivity index (χ2n) is 4.97. The Balaban J connectivity index is 2.23. The average Bonchev–Trinajstić information content (AvgIpc) is 2.43. The zero-order valence-electron chi connectivity index (χ0n) is 11.8. The van der Waals surface area contributed by atoms with Crippen LogP contribution in [0.4, 0.5) is 0 Å². The van der Waals surface area contributed by atoms with Crippen LogP contribution in [0.25, 0.3) is 0 Å². The topological polar surface area (TPSA) is 21.3 Å². The van der Waals surface area contributed by atoms with Crippen molar-refractivity contribution >= 4 is 39.1 Å². The molecular weight excluding hydrogens is 373 g/mol. The Morgan fingerprint density at radius 3 is 2.52 bits per heavy atom. The Kier molecular flexibility index (Phi) is 5.94. The van der Waals surface area contributed by atoms with E-state index in [1.807, 2.05) is 18.2 Å². The van der Waals surface area contributed by atoms with Crippen molar-refractivity contribution in [2.45, 2.75) is 26.4 Å². The van der Waals surface area contributed by atoms with Crippen LogP contribution in [0.5, 0.6) is 11.5 Å². The second-order valence-corrected chi connectivity index (χ2v) is 6.70. The first-order valence-corrected chi connectivity index (χ1v) is 8.15. The van der Waals surface area contributed by atoms with Crippen molar-refractivity contribution < 1.29 is 4.74 Å². The van der Waals surface area contributed by atoms with Gasteiger partial charge in [-0.3, -0.25) is 0 Å². The fraction of sp³-hybridized carbons (Fsp3) is 0.250. The van der Waals surface area contributed by atoms with E-state index >= 15 is 0 Å². The third kappa shape index (κ3) is 4.89. The number of halogens is 3. The molecule has 0 aromatic heterocycles. The molecule has 0 atom stereocenters. The van der Waals surface area contributed by atoms with E-state index in [2.05, 4.69) is 35.1 Å². The summed E-state index contributed by atoms with van der Waals surface area (Å²) in [6, 6.07) is 11.6. The zero-order chi connectivity index (χ0) is 15.4. The summed E-state index contributed by atoms with van der Waals surface area (Å²) in [6.07, 6.45) is 0. The van der Waals surface area contributed by atoms with Crippen LogP contribution in [0.3, 0.4) is 0 Å². The SMILES string of the molecule is CC(C)NCc1cc(Br)ccc1Oc1ccc(Cl)c(Cl)c1. The van der Waals surface area contributed by atoms with Crippen molar-refractivity contribution in [3.63, 3.8) is 0 Å². The number of nitrogens with one attached hydrogen (secondary N) is 1. The van der Waals surface area contributed by atoms with E-state index in [0.717, 1.165) is 22.3 Å². The molecule has 2 rings (SSSR count). The van der Waals surface area contributed by atoms with Crippen LogP contribution in [-0.4, -0.2) is 6.04 Å². The molecule has 0 aliphatic carbocycles. The van der Waals surface area contributed by atoms with Crippen molar-refractivity contribution in [1.82, 2.24) is 5.32 Å². The third-order valence-electron chi connectivity index (χ3n) is 2.84. The molecule has 0 fully saturated rings. The predicted octanol–water partition coefficient (Wildman–Crippen LogP) is 6.05. The van der Waals surface area contributed by atoms with Crippen molar-refractivity contribution in [3.05, 3.63) is 56.5 Å². The van der Waals surface area contributed by atoms with Gasteiger partial charge in [-0.2, -0.15) is 0 Å². The molecule has 1 N–H and O–H groups in total. The van der Waals surface area contributed by atoms with E-state index in [1.165, 1.54) is 0 Å². The Hall–Kier alpha value is -0.740. The lowest BCUT2D eigenvalue weighted by molar-refractivity contribution is 0.469. The molecular formula is C16H16BrCl2NO. The van der Waals surface area contributed by atoms with Crippen LogP contribution in [0.15, 0.2) is 40.9 Å². The van der Waals surface area contributed by atoms with Crippen LogP contribution >= 0.6 is 39.1 Å². The third-order valence-corrected chi connectivity index (χ3v) is 4.07. The largest absolute Gasteiger partial charge is 0.457 e. The number of rotatable bonds is 5. The highest BCUT2D eigenvalue weighted by molar-refractivity contribution is 9.10. The van der Waals surface area contributed by atoms with Gasteiger partial charge in [0.25, 0.3) is 0 Å². The molecule has 2 aromatic rings. The van der Waals surface area contributed by atoms with Crippen molar-refractivity contribution in [2.75, 3.05) is 0 Å². The van der Waals surface area contributed by atoms with E-state index in [1.54, 1.807) is 18.2 Å². The first kappa shape index (κ1) is 16.6. The van der Waals surface area contributed by atoms with E-state index in [0.29, 0.717) is 21.8 Å². The Bertz CT molecular complexity index is 632. The molecule has 0 unspecified atom stereocenters. The van der Waals surface area contributed by atoms with E-state index in [9.17, 15) is 0 Å². The fourth-order valence-electron chi connectivity index (χ4n) is 1.77. The van der Waals surface area contributed by atoms with Gasteiger partial charge in [-0.15, -0.1) is 0 Å². The molecule has 0 amide bonds. The molecule has 0 aliphatic rings. The highest BCUT2D eigenvalue weighted by Crippen LogP contribution is 2.32. The summed E-state index contributed by atoms with van der Waals surface area (Å²) < 4.78 is 6.95. The molecule has 21 heavy (non-hydrogen) atoms. The minimum Gasteiger partial charge on any atom is -0.457 e. The van der Waals surface area contributed by atoms with Crippen LogP contribution in [-0.2, 0) is 6.54 Å². The molecule has 2 aromatic carbocycles. The minimum absolute atomic E-state index is 0.404. The van der Waals surface area contributed by atoms with Gasteiger partial charge in [0.2, 0.25) is 0 Å². The van der Waals surface area contributed by atoms with Gasteiger partial charge in [-0.05, 0) is 30.3 Å².